The van der Waals surface area contributed by atoms with E-state index in [9.17, 15) is 9.59 Å². The zero-order valence-electron chi connectivity index (χ0n) is 12.5. The van der Waals surface area contributed by atoms with Gasteiger partial charge >= 0.3 is 0 Å². The fourth-order valence-corrected chi connectivity index (χ4v) is 2.70. The Labute approximate surface area is 133 Å². The molecule has 0 bridgehead atoms. The van der Waals surface area contributed by atoms with Gasteiger partial charge in [0.25, 0.3) is 5.91 Å². The highest BCUT2D eigenvalue weighted by molar-refractivity contribution is 7.13. The quantitative estimate of drug-likeness (QED) is 0.860. The van der Waals surface area contributed by atoms with Crippen LogP contribution in [0.25, 0.3) is 0 Å². The molecule has 0 unspecified atom stereocenters. The minimum Gasteiger partial charge on any atom is -0.375 e. The Morgan fingerprint density at radius 3 is 2.73 bits per heavy atom. The molecule has 2 rings (SSSR count). The van der Waals surface area contributed by atoms with E-state index in [2.05, 4.69) is 10.6 Å². The van der Waals surface area contributed by atoms with Gasteiger partial charge in [-0.05, 0) is 36.8 Å². The van der Waals surface area contributed by atoms with E-state index in [1.54, 1.807) is 6.07 Å². The topological polar surface area (TPSA) is 67.4 Å². The Kier molecular flexibility index (Phi) is 5.68. The number of carbonyl (C=O) groups is 2. The van der Waals surface area contributed by atoms with Gasteiger partial charge in [0.2, 0.25) is 5.91 Å². The molecule has 0 aliphatic heterocycles. The van der Waals surface area contributed by atoms with Crippen LogP contribution < -0.4 is 10.6 Å². The van der Waals surface area contributed by atoms with Crippen LogP contribution in [-0.2, 0) is 16.1 Å². The number of carbonyl (C=O) groups excluding carboxylic acids is 2. The zero-order chi connectivity index (χ0) is 15.9. The second-order valence-electron chi connectivity index (χ2n) is 4.77. The maximum absolute atomic E-state index is 12.0. The third kappa shape index (κ3) is 4.68. The van der Waals surface area contributed by atoms with E-state index >= 15 is 0 Å². The van der Waals surface area contributed by atoms with E-state index in [1.807, 2.05) is 37.3 Å². The van der Waals surface area contributed by atoms with E-state index < -0.39 is 0 Å². The molecule has 2 N–H and O–H groups in total. The smallest absolute Gasteiger partial charge is 0.261 e. The van der Waals surface area contributed by atoms with Crippen molar-refractivity contribution >= 4 is 28.8 Å². The first-order valence-corrected chi connectivity index (χ1v) is 7.62. The summed E-state index contributed by atoms with van der Waals surface area (Å²) in [6, 6.07) is 11.1. The van der Waals surface area contributed by atoms with Crippen LogP contribution in [0.2, 0.25) is 0 Å². The molecule has 5 nitrogen and oxygen atoms in total. The van der Waals surface area contributed by atoms with Gasteiger partial charge in [0.1, 0.15) is 6.61 Å². The number of amides is 2. The van der Waals surface area contributed by atoms with Gasteiger partial charge in [0.15, 0.2) is 0 Å². The standard InChI is InChI=1S/C16H18N2O3S/c1-11-6-7-14(22-11)16(20)17-9-12-4-3-5-13(8-12)18-15(19)10-21-2/h3-8H,9-10H2,1-2H3,(H,17,20)(H,18,19). The predicted molar refractivity (Wildman–Crippen MR) is 87.2 cm³/mol. The highest BCUT2D eigenvalue weighted by Gasteiger charge is 2.08. The van der Waals surface area contributed by atoms with Crippen molar-refractivity contribution in [2.24, 2.45) is 0 Å². The van der Waals surface area contributed by atoms with Crippen molar-refractivity contribution in [3.05, 3.63) is 51.7 Å². The van der Waals surface area contributed by atoms with Crippen LogP contribution in [0.1, 0.15) is 20.1 Å². The monoisotopic (exact) mass is 318 g/mol. The molecule has 6 heteroatoms. The number of nitrogens with one attached hydrogen (secondary N) is 2. The summed E-state index contributed by atoms with van der Waals surface area (Å²) in [6.45, 7) is 2.38. The molecule has 1 aromatic carbocycles. The summed E-state index contributed by atoms with van der Waals surface area (Å²) in [4.78, 5) is 25.3. The van der Waals surface area contributed by atoms with Crippen molar-refractivity contribution in [2.45, 2.75) is 13.5 Å². The number of benzene rings is 1. The van der Waals surface area contributed by atoms with Crippen LogP contribution in [0, 0.1) is 6.92 Å². The highest BCUT2D eigenvalue weighted by Crippen LogP contribution is 2.15. The summed E-state index contributed by atoms with van der Waals surface area (Å²) in [5, 5.41) is 5.60. The predicted octanol–water partition coefficient (Wildman–Crippen LogP) is 2.57. The Balaban J connectivity index is 1.93. The van der Waals surface area contributed by atoms with Gasteiger partial charge in [-0.25, -0.2) is 0 Å². The normalized spacial score (nSPS) is 10.3. The molecular weight excluding hydrogens is 300 g/mol. The van der Waals surface area contributed by atoms with Crippen molar-refractivity contribution < 1.29 is 14.3 Å². The maximum Gasteiger partial charge on any atom is 0.261 e. The van der Waals surface area contributed by atoms with Crippen molar-refractivity contribution in [1.82, 2.24) is 5.32 Å². The first-order valence-electron chi connectivity index (χ1n) is 6.81. The number of rotatable bonds is 6. The number of anilines is 1. The van der Waals surface area contributed by atoms with Crippen LogP contribution in [0.15, 0.2) is 36.4 Å². The van der Waals surface area contributed by atoms with Crippen molar-refractivity contribution in [3.8, 4) is 0 Å². The van der Waals surface area contributed by atoms with Crippen LogP contribution in [0.4, 0.5) is 5.69 Å². The van der Waals surface area contributed by atoms with Gasteiger partial charge in [-0.2, -0.15) is 0 Å². The minimum atomic E-state index is -0.210. The number of methoxy groups -OCH3 is 1. The van der Waals surface area contributed by atoms with Crippen LogP contribution in [0.5, 0.6) is 0 Å². The van der Waals surface area contributed by atoms with Crippen molar-refractivity contribution in [3.63, 3.8) is 0 Å². The lowest BCUT2D eigenvalue weighted by Crippen LogP contribution is -2.22. The summed E-state index contributed by atoms with van der Waals surface area (Å²) in [6.07, 6.45) is 0. The summed E-state index contributed by atoms with van der Waals surface area (Å²) in [5.41, 5.74) is 1.60. The summed E-state index contributed by atoms with van der Waals surface area (Å²) in [5.74, 6) is -0.301. The van der Waals surface area contributed by atoms with Gasteiger partial charge in [-0.15, -0.1) is 11.3 Å². The Morgan fingerprint density at radius 1 is 1.23 bits per heavy atom. The minimum absolute atomic E-state index is 0.0126. The van der Waals surface area contributed by atoms with Gasteiger partial charge in [0, 0.05) is 24.2 Å². The van der Waals surface area contributed by atoms with Crippen molar-refractivity contribution in [2.75, 3.05) is 19.0 Å². The molecule has 0 saturated carbocycles. The molecule has 0 fully saturated rings. The Hall–Kier alpha value is -2.18. The average molecular weight is 318 g/mol. The molecule has 116 valence electrons. The molecule has 0 atom stereocenters. The molecule has 0 aliphatic carbocycles. The third-order valence-electron chi connectivity index (χ3n) is 2.90. The SMILES string of the molecule is COCC(=O)Nc1cccc(CNC(=O)c2ccc(C)s2)c1. The average Bonchev–Trinajstić information content (AvgIpc) is 2.92. The van der Waals surface area contributed by atoms with E-state index in [4.69, 9.17) is 4.74 Å². The molecule has 2 aromatic rings. The van der Waals surface area contributed by atoms with E-state index in [-0.39, 0.29) is 18.4 Å². The second-order valence-corrected chi connectivity index (χ2v) is 6.06. The van der Waals surface area contributed by atoms with Gasteiger partial charge in [-0.1, -0.05) is 12.1 Å². The lowest BCUT2D eigenvalue weighted by atomic mass is 10.2. The van der Waals surface area contributed by atoms with Gasteiger partial charge in [-0.3, -0.25) is 9.59 Å². The summed E-state index contributed by atoms with van der Waals surface area (Å²) in [7, 11) is 1.47. The third-order valence-corrected chi connectivity index (χ3v) is 3.90. The first-order chi connectivity index (χ1) is 10.6. The fourth-order valence-electron chi connectivity index (χ4n) is 1.91. The van der Waals surface area contributed by atoms with E-state index in [0.29, 0.717) is 17.1 Å². The number of thiophene rings is 1. The van der Waals surface area contributed by atoms with Crippen LogP contribution in [-0.4, -0.2) is 25.5 Å². The zero-order valence-corrected chi connectivity index (χ0v) is 13.3. The van der Waals surface area contributed by atoms with E-state index in [0.717, 1.165) is 10.4 Å². The van der Waals surface area contributed by atoms with Gasteiger partial charge in [0.05, 0.1) is 4.88 Å². The molecule has 0 aliphatic rings. The lowest BCUT2D eigenvalue weighted by Gasteiger charge is -2.08. The molecule has 1 heterocycles. The fraction of sp³-hybridized carbons (Fsp3) is 0.250. The number of hydrogen-bond donors (Lipinski definition) is 2. The molecule has 0 radical (unpaired) electrons. The molecule has 0 spiro atoms. The Bertz CT molecular complexity index is 667. The maximum atomic E-state index is 12.0. The number of hydrogen-bond acceptors (Lipinski definition) is 4. The number of aryl methyl sites for hydroxylation is 1. The van der Waals surface area contributed by atoms with Crippen molar-refractivity contribution in [1.29, 1.82) is 0 Å². The Morgan fingerprint density at radius 2 is 2.05 bits per heavy atom. The summed E-state index contributed by atoms with van der Waals surface area (Å²) < 4.78 is 4.77. The van der Waals surface area contributed by atoms with Crippen LogP contribution >= 0.6 is 11.3 Å². The molecule has 2 amide bonds. The van der Waals surface area contributed by atoms with E-state index in [1.165, 1.54) is 18.4 Å². The van der Waals surface area contributed by atoms with Gasteiger partial charge < -0.3 is 15.4 Å². The lowest BCUT2D eigenvalue weighted by molar-refractivity contribution is -0.119. The van der Waals surface area contributed by atoms with Crippen LogP contribution in [0.3, 0.4) is 0 Å². The molecule has 1 aromatic heterocycles. The number of ether oxygens (including phenoxy) is 1. The second kappa shape index (κ2) is 7.72. The molecule has 22 heavy (non-hydrogen) atoms. The molecule has 0 saturated heterocycles. The highest BCUT2D eigenvalue weighted by atomic mass is 32.1. The molecular formula is C16H18N2O3S. The summed E-state index contributed by atoms with van der Waals surface area (Å²) >= 11 is 1.47. The largest absolute Gasteiger partial charge is 0.375 e. The first kappa shape index (κ1) is 16.2.